The highest BCUT2D eigenvalue weighted by Gasteiger charge is 2.09. The van der Waals surface area contributed by atoms with E-state index in [0.29, 0.717) is 5.92 Å². The van der Waals surface area contributed by atoms with Gasteiger partial charge in [0, 0.05) is 30.9 Å². The Balaban J connectivity index is 2.49. The zero-order chi connectivity index (χ0) is 12.0. The molecule has 0 amide bonds. The molecule has 16 heavy (non-hydrogen) atoms. The first-order valence-corrected chi connectivity index (χ1v) is 6.04. The predicted octanol–water partition coefficient (Wildman–Crippen LogP) is 1.37. The maximum absolute atomic E-state index is 9.18. The van der Waals surface area contributed by atoms with Crippen molar-refractivity contribution in [3.05, 3.63) is 18.2 Å². The first-order valence-electron chi connectivity index (χ1n) is 6.04. The Hall–Kier alpha value is -0.870. The molecule has 4 heteroatoms. The molecule has 0 aliphatic heterocycles. The molecule has 0 aliphatic carbocycles. The Morgan fingerprint density at radius 2 is 2.25 bits per heavy atom. The zero-order valence-corrected chi connectivity index (χ0v) is 10.5. The van der Waals surface area contributed by atoms with Crippen molar-refractivity contribution in [3.63, 3.8) is 0 Å². The van der Waals surface area contributed by atoms with Crippen LogP contribution < -0.4 is 5.32 Å². The number of rotatable bonds is 7. The van der Waals surface area contributed by atoms with E-state index in [9.17, 15) is 5.11 Å². The molecule has 0 saturated carbocycles. The third kappa shape index (κ3) is 3.61. The Morgan fingerprint density at radius 1 is 1.50 bits per heavy atom. The number of likely N-dealkylation sites (N-methyl/N-ethyl adjacent to an activating group) is 1. The highest BCUT2D eigenvalue weighted by atomic mass is 16.3. The molecule has 1 atom stereocenters. The number of aliphatic hydroxyl groups is 1. The number of imidazole rings is 1. The molecule has 0 aliphatic rings. The lowest BCUT2D eigenvalue weighted by atomic mass is 10.2. The molecule has 0 spiro atoms. The first kappa shape index (κ1) is 13.2. The second-order valence-electron chi connectivity index (χ2n) is 4.36. The van der Waals surface area contributed by atoms with Crippen LogP contribution in [0.4, 0.5) is 0 Å². The van der Waals surface area contributed by atoms with Crippen LogP contribution in [0.15, 0.2) is 12.4 Å². The molecule has 0 fully saturated rings. The summed E-state index contributed by atoms with van der Waals surface area (Å²) in [7, 11) is 0. The summed E-state index contributed by atoms with van der Waals surface area (Å²) in [6.45, 7) is 8.34. The zero-order valence-electron chi connectivity index (χ0n) is 10.5. The van der Waals surface area contributed by atoms with Crippen LogP contribution in [0.1, 0.15) is 38.9 Å². The van der Waals surface area contributed by atoms with E-state index in [4.69, 9.17) is 0 Å². The van der Waals surface area contributed by atoms with Crippen LogP contribution >= 0.6 is 0 Å². The number of nitrogens with zero attached hydrogens (tertiary/aromatic N) is 2. The molecule has 0 radical (unpaired) electrons. The second-order valence-corrected chi connectivity index (χ2v) is 4.36. The van der Waals surface area contributed by atoms with Crippen molar-refractivity contribution in [2.45, 2.75) is 45.7 Å². The van der Waals surface area contributed by atoms with Gasteiger partial charge >= 0.3 is 0 Å². The lowest BCUT2D eigenvalue weighted by Gasteiger charge is -2.16. The Kier molecular flexibility index (Phi) is 5.49. The van der Waals surface area contributed by atoms with Gasteiger partial charge in [0.05, 0.1) is 6.61 Å². The summed E-state index contributed by atoms with van der Waals surface area (Å²) in [5, 5.41) is 12.4. The molecular weight excluding hydrogens is 202 g/mol. The van der Waals surface area contributed by atoms with Gasteiger partial charge in [0.25, 0.3) is 0 Å². The molecule has 1 rings (SSSR count). The van der Waals surface area contributed by atoms with E-state index >= 15 is 0 Å². The summed E-state index contributed by atoms with van der Waals surface area (Å²) in [6.07, 6.45) is 4.78. The summed E-state index contributed by atoms with van der Waals surface area (Å²) in [6, 6.07) is 0.187. The second kappa shape index (κ2) is 6.66. The number of aryl methyl sites for hydroxylation is 1. The number of hydrogen-bond acceptors (Lipinski definition) is 3. The number of aliphatic hydroxyl groups excluding tert-OH is 1. The molecule has 0 saturated heterocycles. The predicted molar refractivity (Wildman–Crippen MR) is 65.5 cm³/mol. The third-order valence-corrected chi connectivity index (χ3v) is 2.70. The maximum Gasteiger partial charge on any atom is 0.111 e. The average molecular weight is 225 g/mol. The van der Waals surface area contributed by atoms with Gasteiger partial charge in [0.15, 0.2) is 0 Å². The van der Waals surface area contributed by atoms with Gasteiger partial charge in [-0.1, -0.05) is 20.8 Å². The molecule has 1 unspecified atom stereocenters. The Bertz CT molecular complexity index is 296. The van der Waals surface area contributed by atoms with Crippen molar-refractivity contribution in [3.8, 4) is 0 Å². The van der Waals surface area contributed by atoms with Gasteiger partial charge in [-0.2, -0.15) is 0 Å². The van der Waals surface area contributed by atoms with Gasteiger partial charge in [-0.3, -0.25) is 0 Å². The van der Waals surface area contributed by atoms with Crippen LogP contribution in [-0.4, -0.2) is 33.9 Å². The van der Waals surface area contributed by atoms with E-state index in [1.54, 1.807) is 0 Å². The molecule has 0 aromatic carbocycles. The van der Waals surface area contributed by atoms with Crippen molar-refractivity contribution in [2.75, 3.05) is 13.2 Å². The smallest absolute Gasteiger partial charge is 0.111 e. The highest BCUT2D eigenvalue weighted by Crippen LogP contribution is 2.12. The van der Waals surface area contributed by atoms with E-state index in [-0.39, 0.29) is 12.6 Å². The van der Waals surface area contributed by atoms with Gasteiger partial charge in [-0.05, 0) is 13.0 Å². The molecule has 1 heterocycles. The number of hydrogen-bond donors (Lipinski definition) is 2. The van der Waals surface area contributed by atoms with E-state index in [1.165, 1.54) is 0 Å². The summed E-state index contributed by atoms with van der Waals surface area (Å²) in [4.78, 5) is 4.35. The fourth-order valence-electron chi connectivity index (χ4n) is 1.85. The van der Waals surface area contributed by atoms with Gasteiger partial charge in [-0.25, -0.2) is 4.98 Å². The van der Waals surface area contributed by atoms with Crippen molar-refractivity contribution in [1.29, 1.82) is 0 Å². The lowest BCUT2D eigenvalue weighted by Crippen LogP contribution is -2.33. The molecular formula is C12H23N3O. The van der Waals surface area contributed by atoms with Crippen molar-refractivity contribution < 1.29 is 5.11 Å². The minimum atomic E-state index is 0.187. The largest absolute Gasteiger partial charge is 0.395 e. The van der Waals surface area contributed by atoms with Crippen LogP contribution in [-0.2, 0) is 6.54 Å². The molecule has 1 aromatic rings. The molecule has 92 valence electrons. The van der Waals surface area contributed by atoms with Crippen LogP contribution in [0.2, 0.25) is 0 Å². The SMILES string of the molecule is CCNC(CO)CCn1ccnc1C(C)C. The van der Waals surface area contributed by atoms with E-state index in [0.717, 1.165) is 25.3 Å². The molecule has 0 bridgehead atoms. The van der Waals surface area contributed by atoms with E-state index in [1.807, 2.05) is 12.4 Å². The van der Waals surface area contributed by atoms with Crippen molar-refractivity contribution in [1.82, 2.24) is 14.9 Å². The molecule has 2 N–H and O–H groups in total. The maximum atomic E-state index is 9.18. The molecule has 4 nitrogen and oxygen atoms in total. The summed E-state index contributed by atoms with van der Waals surface area (Å²) in [5.41, 5.74) is 0. The summed E-state index contributed by atoms with van der Waals surface area (Å²) >= 11 is 0. The van der Waals surface area contributed by atoms with Gasteiger partial charge in [0.2, 0.25) is 0 Å². The average Bonchev–Trinajstić information content (AvgIpc) is 2.72. The van der Waals surface area contributed by atoms with Gasteiger partial charge in [0.1, 0.15) is 5.82 Å². The Labute approximate surface area is 97.7 Å². The van der Waals surface area contributed by atoms with Crippen molar-refractivity contribution in [2.24, 2.45) is 0 Å². The van der Waals surface area contributed by atoms with Gasteiger partial charge < -0.3 is 15.0 Å². The fraction of sp³-hybridized carbons (Fsp3) is 0.750. The summed E-state index contributed by atoms with van der Waals surface area (Å²) in [5.74, 6) is 1.56. The quantitative estimate of drug-likeness (QED) is 0.737. The Morgan fingerprint density at radius 3 is 2.81 bits per heavy atom. The normalized spacial score (nSPS) is 13.3. The fourth-order valence-corrected chi connectivity index (χ4v) is 1.85. The van der Waals surface area contributed by atoms with Crippen LogP contribution in [0.5, 0.6) is 0 Å². The molecule has 1 aromatic heterocycles. The summed E-state index contributed by atoms with van der Waals surface area (Å²) < 4.78 is 2.17. The minimum Gasteiger partial charge on any atom is -0.395 e. The number of aromatic nitrogens is 2. The van der Waals surface area contributed by atoms with E-state index in [2.05, 4.69) is 35.6 Å². The monoisotopic (exact) mass is 225 g/mol. The number of nitrogens with one attached hydrogen (secondary N) is 1. The van der Waals surface area contributed by atoms with Crippen molar-refractivity contribution >= 4 is 0 Å². The van der Waals surface area contributed by atoms with Gasteiger partial charge in [-0.15, -0.1) is 0 Å². The van der Waals surface area contributed by atoms with Crippen LogP contribution in [0.25, 0.3) is 0 Å². The minimum absolute atomic E-state index is 0.187. The standard InChI is InChI=1S/C12H23N3O/c1-4-13-11(9-16)5-7-15-8-6-14-12(15)10(2)3/h6,8,10-11,13,16H,4-5,7,9H2,1-3H3. The first-order chi connectivity index (χ1) is 7.69. The van der Waals surface area contributed by atoms with Crippen LogP contribution in [0, 0.1) is 0 Å². The highest BCUT2D eigenvalue weighted by molar-refractivity contribution is 4.97. The van der Waals surface area contributed by atoms with Crippen LogP contribution in [0.3, 0.4) is 0 Å². The van der Waals surface area contributed by atoms with E-state index < -0.39 is 0 Å². The lowest BCUT2D eigenvalue weighted by molar-refractivity contribution is 0.232. The topological polar surface area (TPSA) is 50.1 Å². The third-order valence-electron chi connectivity index (χ3n) is 2.70.